The number of aromatic nitrogens is 2. The molecule has 120 valence electrons. The summed E-state index contributed by atoms with van der Waals surface area (Å²) in [6.45, 7) is 8.89. The number of rotatable bonds is 7. The van der Waals surface area contributed by atoms with Crippen LogP contribution in [0.3, 0.4) is 0 Å². The topological polar surface area (TPSA) is 102 Å². The molecular weight excluding hydrogens is 272 g/mol. The van der Waals surface area contributed by atoms with Crippen molar-refractivity contribution in [3.8, 4) is 0 Å². The minimum absolute atomic E-state index is 0.0663. The lowest BCUT2D eigenvalue weighted by Crippen LogP contribution is -2.39. The van der Waals surface area contributed by atoms with Gasteiger partial charge in [-0.05, 0) is 11.8 Å². The number of ether oxygens (including phenoxy) is 1. The van der Waals surface area contributed by atoms with Crippen molar-refractivity contribution in [2.75, 3.05) is 24.8 Å². The van der Waals surface area contributed by atoms with Gasteiger partial charge in [-0.1, -0.05) is 27.7 Å². The van der Waals surface area contributed by atoms with Crippen LogP contribution in [-0.4, -0.2) is 29.3 Å². The summed E-state index contributed by atoms with van der Waals surface area (Å²) < 4.78 is 6.54. The molecule has 0 bridgehead atoms. The van der Waals surface area contributed by atoms with Crippen LogP contribution in [0.2, 0.25) is 0 Å². The molecule has 0 aliphatic heterocycles. The molecule has 1 atom stereocenters. The fourth-order valence-electron chi connectivity index (χ4n) is 2.04. The fraction of sp³-hybridized carbons (Fsp3) is 0.714. The Morgan fingerprint density at radius 2 is 1.90 bits per heavy atom. The number of aromatic amines is 1. The van der Waals surface area contributed by atoms with E-state index in [1.54, 1.807) is 7.11 Å². The first-order valence-corrected chi connectivity index (χ1v) is 7.16. The third kappa shape index (κ3) is 4.35. The number of hydrogen-bond acceptors (Lipinski definition) is 5. The second kappa shape index (κ2) is 7.31. The first-order valence-electron chi connectivity index (χ1n) is 7.16. The Morgan fingerprint density at radius 3 is 2.38 bits per heavy atom. The van der Waals surface area contributed by atoms with E-state index in [9.17, 15) is 9.59 Å². The Bertz CT molecular complexity index is 575. The fourth-order valence-corrected chi connectivity index (χ4v) is 2.04. The van der Waals surface area contributed by atoms with E-state index >= 15 is 0 Å². The highest BCUT2D eigenvalue weighted by molar-refractivity contribution is 5.61. The van der Waals surface area contributed by atoms with E-state index in [1.807, 2.05) is 27.7 Å². The zero-order valence-corrected chi connectivity index (χ0v) is 13.4. The van der Waals surface area contributed by atoms with Crippen LogP contribution in [-0.2, 0) is 11.3 Å². The summed E-state index contributed by atoms with van der Waals surface area (Å²) in [6, 6.07) is -0.0663. The van der Waals surface area contributed by atoms with Crippen molar-refractivity contribution in [1.82, 2.24) is 9.55 Å². The van der Waals surface area contributed by atoms with Gasteiger partial charge in [0.2, 0.25) is 0 Å². The number of methoxy groups -OCH3 is 1. The third-order valence-corrected chi connectivity index (χ3v) is 3.27. The van der Waals surface area contributed by atoms with Crippen LogP contribution in [0, 0.1) is 11.8 Å². The van der Waals surface area contributed by atoms with Crippen LogP contribution in [0.4, 0.5) is 11.5 Å². The quantitative estimate of drug-likeness (QED) is 0.693. The van der Waals surface area contributed by atoms with Crippen LogP contribution in [0.15, 0.2) is 9.59 Å². The highest BCUT2D eigenvalue weighted by Gasteiger charge is 2.19. The summed E-state index contributed by atoms with van der Waals surface area (Å²) in [7, 11) is 1.60. The van der Waals surface area contributed by atoms with E-state index in [0.29, 0.717) is 13.2 Å². The van der Waals surface area contributed by atoms with Crippen molar-refractivity contribution >= 4 is 11.5 Å². The molecule has 0 aliphatic carbocycles. The van der Waals surface area contributed by atoms with Gasteiger partial charge in [0.25, 0.3) is 5.56 Å². The lowest BCUT2D eigenvalue weighted by molar-refractivity contribution is 0.171. The lowest BCUT2D eigenvalue weighted by Gasteiger charge is -2.24. The molecule has 1 aromatic heterocycles. The molecule has 0 fully saturated rings. The molecule has 1 aromatic rings. The molecule has 0 saturated heterocycles. The second-order valence-electron chi connectivity index (χ2n) is 5.97. The zero-order chi connectivity index (χ0) is 16.2. The Morgan fingerprint density at radius 1 is 1.29 bits per heavy atom. The summed E-state index contributed by atoms with van der Waals surface area (Å²) in [5.74, 6) is 0.650. The number of nitrogens with zero attached hydrogens (tertiary/aromatic N) is 1. The standard InChI is InChI=1S/C14H26N4O3/c1-8(2)6-18-12(15)11(13(19)17-14(18)20)16-10(7-21-5)9(3)4/h8-10,16H,6-7,15H2,1-5H3,(H,17,19,20). The first-order chi connectivity index (χ1) is 9.77. The summed E-state index contributed by atoms with van der Waals surface area (Å²) in [6.07, 6.45) is 0. The van der Waals surface area contributed by atoms with Crippen molar-refractivity contribution in [1.29, 1.82) is 0 Å². The minimum atomic E-state index is -0.501. The molecule has 21 heavy (non-hydrogen) atoms. The number of anilines is 2. The van der Waals surface area contributed by atoms with Gasteiger partial charge in [0.05, 0.1) is 12.6 Å². The Hall–Kier alpha value is -1.76. The van der Waals surface area contributed by atoms with Crippen LogP contribution in [0.1, 0.15) is 27.7 Å². The molecule has 1 unspecified atom stereocenters. The Balaban J connectivity index is 3.23. The van der Waals surface area contributed by atoms with Crippen molar-refractivity contribution < 1.29 is 4.74 Å². The highest BCUT2D eigenvalue weighted by Crippen LogP contribution is 2.16. The van der Waals surface area contributed by atoms with Gasteiger partial charge < -0.3 is 15.8 Å². The molecule has 0 saturated carbocycles. The van der Waals surface area contributed by atoms with Crippen LogP contribution < -0.4 is 22.3 Å². The van der Waals surface area contributed by atoms with Gasteiger partial charge >= 0.3 is 5.69 Å². The maximum Gasteiger partial charge on any atom is 0.330 e. The van der Waals surface area contributed by atoms with Gasteiger partial charge in [-0.15, -0.1) is 0 Å². The molecule has 0 radical (unpaired) electrons. The van der Waals surface area contributed by atoms with E-state index in [4.69, 9.17) is 10.5 Å². The van der Waals surface area contributed by atoms with E-state index in [2.05, 4.69) is 10.3 Å². The molecular formula is C14H26N4O3. The predicted molar refractivity (Wildman–Crippen MR) is 84.7 cm³/mol. The smallest absolute Gasteiger partial charge is 0.330 e. The van der Waals surface area contributed by atoms with E-state index in [-0.39, 0.29) is 29.4 Å². The molecule has 7 heteroatoms. The normalized spacial score (nSPS) is 12.9. The Labute approximate surface area is 124 Å². The Kier molecular flexibility index (Phi) is 6.02. The maximum absolute atomic E-state index is 12.0. The molecule has 0 spiro atoms. The SMILES string of the molecule is COCC(Nc1c(N)n(CC(C)C)c(=O)[nH]c1=O)C(C)C. The van der Waals surface area contributed by atoms with Gasteiger partial charge in [0.15, 0.2) is 0 Å². The van der Waals surface area contributed by atoms with Crippen LogP contribution in [0.25, 0.3) is 0 Å². The zero-order valence-electron chi connectivity index (χ0n) is 13.4. The van der Waals surface area contributed by atoms with Gasteiger partial charge in [-0.2, -0.15) is 0 Å². The molecule has 7 nitrogen and oxygen atoms in total. The molecule has 0 aliphatic rings. The van der Waals surface area contributed by atoms with Gasteiger partial charge in [0, 0.05) is 13.7 Å². The van der Waals surface area contributed by atoms with Crippen LogP contribution >= 0.6 is 0 Å². The molecule has 0 aromatic carbocycles. The van der Waals surface area contributed by atoms with E-state index in [1.165, 1.54) is 4.57 Å². The number of hydrogen-bond donors (Lipinski definition) is 3. The van der Waals surface area contributed by atoms with Gasteiger partial charge in [-0.25, -0.2) is 4.79 Å². The minimum Gasteiger partial charge on any atom is -0.383 e. The summed E-state index contributed by atoms with van der Waals surface area (Å²) in [4.78, 5) is 26.2. The predicted octanol–water partition coefficient (Wildman–Crippen LogP) is 0.858. The largest absolute Gasteiger partial charge is 0.383 e. The van der Waals surface area contributed by atoms with Gasteiger partial charge in [0.1, 0.15) is 11.5 Å². The van der Waals surface area contributed by atoms with Crippen molar-refractivity contribution in [3.05, 3.63) is 20.8 Å². The summed E-state index contributed by atoms with van der Waals surface area (Å²) in [5, 5.41) is 3.10. The second-order valence-corrected chi connectivity index (χ2v) is 5.97. The number of nitrogens with one attached hydrogen (secondary N) is 2. The highest BCUT2D eigenvalue weighted by atomic mass is 16.5. The lowest BCUT2D eigenvalue weighted by atomic mass is 10.1. The number of nitrogen functional groups attached to an aromatic ring is 1. The van der Waals surface area contributed by atoms with Crippen LogP contribution in [0.5, 0.6) is 0 Å². The van der Waals surface area contributed by atoms with Crippen molar-refractivity contribution in [2.45, 2.75) is 40.3 Å². The summed E-state index contributed by atoms with van der Waals surface area (Å²) >= 11 is 0. The monoisotopic (exact) mass is 298 g/mol. The average molecular weight is 298 g/mol. The number of nitrogens with two attached hydrogens (primary N) is 1. The first kappa shape index (κ1) is 17.3. The van der Waals surface area contributed by atoms with E-state index < -0.39 is 11.2 Å². The molecule has 1 rings (SSSR count). The number of H-pyrrole nitrogens is 1. The van der Waals surface area contributed by atoms with E-state index in [0.717, 1.165) is 0 Å². The molecule has 0 amide bonds. The third-order valence-electron chi connectivity index (χ3n) is 3.27. The van der Waals surface area contributed by atoms with Crippen molar-refractivity contribution in [3.63, 3.8) is 0 Å². The van der Waals surface area contributed by atoms with Crippen molar-refractivity contribution in [2.24, 2.45) is 11.8 Å². The summed E-state index contributed by atoms with van der Waals surface area (Å²) in [5.41, 5.74) is 5.26. The molecule has 1 heterocycles. The maximum atomic E-state index is 12.0. The average Bonchev–Trinajstić information content (AvgIpc) is 2.37. The molecule has 4 N–H and O–H groups in total. The van der Waals surface area contributed by atoms with Gasteiger partial charge in [-0.3, -0.25) is 14.3 Å².